The van der Waals surface area contributed by atoms with Crippen LogP contribution in [0.4, 0.5) is 10.1 Å². The highest BCUT2D eigenvalue weighted by Crippen LogP contribution is 2.23. The molecular weight excluding hydrogens is 287 g/mol. The van der Waals surface area contributed by atoms with Gasteiger partial charge in [-0.15, -0.1) is 0 Å². The lowest BCUT2D eigenvalue weighted by Gasteiger charge is -2.22. The number of thioether (sulfide) groups is 1. The summed E-state index contributed by atoms with van der Waals surface area (Å²) in [7, 11) is -3.68. The molecule has 0 aliphatic heterocycles. The van der Waals surface area contributed by atoms with E-state index in [1.165, 1.54) is 6.92 Å². The molecule has 1 aromatic carbocycles. The molecule has 4 nitrogen and oxygen atoms in total. The summed E-state index contributed by atoms with van der Waals surface area (Å²) in [4.78, 5) is 0.0169. The number of anilines is 1. The number of nitrogens with one attached hydrogen (secondary N) is 1. The summed E-state index contributed by atoms with van der Waals surface area (Å²) in [6.07, 6.45) is 1.91. The second-order valence-electron chi connectivity index (χ2n) is 4.93. The van der Waals surface area contributed by atoms with E-state index >= 15 is 0 Å². The molecule has 1 rings (SSSR count). The van der Waals surface area contributed by atoms with Crippen LogP contribution < -0.4 is 10.5 Å². The first-order chi connectivity index (χ1) is 8.59. The number of halogens is 1. The Kier molecular flexibility index (Phi) is 4.86. The summed E-state index contributed by atoms with van der Waals surface area (Å²) in [6, 6.07) is 2.28. The molecule has 0 bridgehead atoms. The monoisotopic (exact) mass is 306 g/mol. The van der Waals surface area contributed by atoms with Crippen molar-refractivity contribution in [2.75, 3.05) is 18.5 Å². The molecule has 0 saturated heterocycles. The lowest BCUT2D eigenvalue weighted by molar-refractivity contribution is 0.569. The predicted octanol–water partition coefficient (Wildman–Crippen LogP) is 2.14. The molecule has 0 radical (unpaired) electrons. The third kappa shape index (κ3) is 4.09. The van der Waals surface area contributed by atoms with E-state index in [-0.39, 0.29) is 21.9 Å². The zero-order chi connectivity index (χ0) is 14.8. The number of nitrogens with two attached hydrogens (primary N) is 1. The van der Waals surface area contributed by atoms with Crippen molar-refractivity contribution in [1.82, 2.24) is 4.72 Å². The normalized spacial score (nSPS) is 12.7. The summed E-state index contributed by atoms with van der Waals surface area (Å²) in [6.45, 7) is 5.70. The number of hydrogen-bond acceptors (Lipinski definition) is 4. The van der Waals surface area contributed by atoms with Crippen LogP contribution in [0.1, 0.15) is 19.4 Å². The minimum absolute atomic E-state index is 0.0169. The van der Waals surface area contributed by atoms with Crippen LogP contribution in [-0.2, 0) is 10.0 Å². The van der Waals surface area contributed by atoms with Gasteiger partial charge in [-0.05, 0) is 44.7 Å². The maximum atomic E-state index is 13.2. The standard InChI is InChI=1S/C12H19FN2O2S2/c1-8-5-9(13)10(14)6-11(8)19(16,17)15-7-12(2,3)18-4/h5-6,15H,7,14H2,1-4H3. The highest BCUT2D eigenvalue weighted by Gasteiger charge is 2.23. The molecule has 0 aliphatic rings. The fraction of sp³-hybridized carbons (Fsp3) is 0.500. The summed E-state index contributed by atoms with van der Waals surface area (Å²) in [5.41, 5.74) is 5.59. The summed E-state index contributed by atoms with van der Waals surface area (Å²) in [5.74, 6) is -0.610. The van der Waals surface area contributed by atoms with Crippen molar-refractivity contribution >= 4 is 27.5 Å². The number of benzene rings is 1. The Morgan fingerprint density at radius 1 is 1.42 bits per heavy atom. The number of rotatable bonds is 5. The van der Waals surface area contributed by atoms with Crippen molar-refractivity contribution in [2.24, 2.45) is 0 Å². The smallest absolute Gasteiger partial charge is 0.240 e. The number of hydrogen-bond donors (Lipinski definition) is 2. The fourth-order valence-corrected chi connectivity index (χ4v) is 3.16. The molecule has 7 heteroatoms. The molecule has 0 aliphatic carbocycles. The van der Waals surface area contributed by atoms with Gasteiger partial charge in [0, 0.05) is 11.3 Å². The molecule has 19 heavy (non-hydrogen) atoms. The highest BCUT2D eigenvalue weighted by atomic mass is 32.2. The van der Waals surface area contributed by atoms with E-state index in [1.807, 2.05) is 20.1 Å². The largest absolute Gasteiger partial charge is 0.396 e. The summed E-state index contributed by atoms with van der Waals surface area (Å²) in [5, 5.41) is 0. The van der Waals surface area contributed by atoms with Crippen LogP contribution in [0.5, 0.6) is 0 Å². The minimum Gasteiger partial charge on any atom is -0.396 e. The van der Waals surface area contributed by atoms with Gasteiger partial charge in [-0.25, -0.2) is 17.5 Å². The molecular formula is C12H19FN2O2S2. The molecule has 1 aromatic rings. The first-order valence-corrected chi connectivity index (χ1v) is 8.40. The number of sulfonamides is 1. The van der Waals surface area contributed by atoms with E-state index in [4.69, 9.17) is 5.73 Å². The quantitative estimate of drug-likeness (QED) is 0.818. The number of nitrogen functional groups attached to an aromatic ring is 1. The molecule has 3 N–H and O–H groups in total. The van der Waals surface area contributed by atoms with Crippen molar-refractivity contribution in [1.29, 1.82) is 0 Å². The lowest BCUT2D eigenvalue weighted by Crippen LogP contribution is -2.36. The number of aryl methyl sites for hydroxylation is 1. The van der Waals surface area contributed by atoms with Gasteiger partial charge in [-0.1, -0.05) is 0 Å². The zero-order valence-corrected chi connectivity index (χ0v) is 13.1. The predicted molar refractivity (Wildman–Crippen MR) is 78.3 cm³/mol. The second kappa shape index (κ2) is 5.68. The molecule has 108 valence electrons. The van der Waals surface area contributed by atoms with Gasteiger partial charge in [0.1, 0.15) is 5.82 Å². The second-order valence-corrected chi connectivity index (χ2v) is 8.18. The Hall–Kier alpha value is -0.790. The maximum Gasteiger partial charge on any atom is 0.240 e. The molecule has 0 aromatic heterocycles. The highest BCUT2D eigenvalue weighted by molar-refractivity contribution is 8.00. The van der Waals surface area contributed by atoms with Crippen LogP contribution in [0, 0.1) is 12.7 Å². The van der Waals surface area contributed by atoms with E-state index in [9.17, 15) is 12.8 Å². The van der Waals surface area contributed by atoms with Crippen LogP contribution in [0.15, 0.2) is 17.0 Å². The van der Waals surface area contributed by atoms with Crippen LogP contribution >= 0.6 is 11.8 Å². The lowest BCUT2D eigenvalue weighted by atomic mass is 10.2. The third-order valence-corrected chi connectivity index (χ3v) is 5.62. The Labute approximate surface area is 118 Å². The Morgan fingerprint density at radius 3 is 2.53 bits per heavy atom. The van der Waals surface area contributed by atoms with E-state index in [0.717, 1.165) is 12.1 Å². The molecule has 0 heterocycles. The van der Waals surface area contributed by atoms with Crippen molar-refractivity contribution in [3.05, 3.63) is 23.5 Å². The topological polar surface area (TPSA) is 72.2 Å². The van der Waals surface area contributed by atoms with Crippen LogP contribution in [0.3, 0.4) is 0 Å². The van der Waals surface area contributed by atoms with E-state index in [1.54, 1.807) is 11.8 Å². The van der Waals surface area contributed by atoms with Gasteiger partial charge in [0.2, 0.25) is 10.0 Å². The molecule has 0 fully saturated rings. The van der Waals surface area contributed by atoms with Crippen molar-refractivity contribution in [3.63, 3.8) is 0 Å². The van der Waals surface area contributed by atoms with E-state index < -0.39 is 15.8 Å². The Bertz CT molecular complexity index is 571. The fourth-order valence-electron chi connectivity index (χ4n) is 1.38. The third-order valence-electron chi connectivity index (χ3n) is 2.82. The molecule has 0 amide bonds. The van der Waals surface area contributed by atoms with Gasteiger partial charge in [-0.2, -0.15) is 11.8 Å². The van der Waals surface area contributed by atoms with Crippen molar-refractivity contribution in [2.45, 2.75) is 30.4 Å². The first-order valence-electron chi connectivity index (χ1n) is 5.69. The van der Waals surface area contributed by atoms with Crippen molar-refractivity contribution in [3.8, 4) is 0 Å². The SMILES string of the molecule is CSC(C)(C)CNS(=O)(=O)c1cc(N)c(F)cc1C. The average molecular weight is 306 g/mol. The Balaban J connectivity index is 3.05. The minimum atomic E-state index is -3.68. The van der Waals surface area contributed by atoms with Crippen LogP contribution in [-0.4, -0.2) is 26.0 Å². The molecule has 0 spiro atoms. The van der Waals surface area contributed by atoms with E-state index in [0.29, 0.717) is 5.56 Å². The van der Waals surface area contributed by atoms with Gasteiger partial charge < -0.3 is 5.73 Å². The van der Waals surface area contributed by atoms with Gasteiger partial charge in [0.05, 0.1) is 10.6 Å². The van der Waals surface area contributed by atoms with Crippen LogP contribution in [0.25, 0.3) is 0 Å². The summed E-state index contributed by atoms with van der Waals surface area (Å²) >= 11 is 1.56. The van der Waals surface area contributed by atoms with Crippen LogP contribution in [0.2, 0.25) is 0 Å². The molecule has 0 atom stereocenters. The molecule has 0 saturated carbocycles. The van der Waals surface area contributed by atoms with Gasteiger partial charge in [0.25, 0.3) is 0 Å². The molecule has 0 unspecified atom stereocenters. The van der Waals surface area contributed by atoms with Crippen molar-refractivity contribution < 1.29 is 12.8 Å². The maximum absolute atomic E-state index is 13.2. The van der Waals surface area contributed by atoms with Gasteiger partial charge in [-0.3, -0.25) is 0 Å². The zero-order valence-electron chi connectivity index (χ0n) is 11.5. The first kappa shape index (κ1) is 16.3. The Morgan fingerprint density at radius 2 is 2.00 bits per heavy atom. The average Bonchev–Trinajstić information content (AvgIpc) is 2.31. The van der Waals surface area contributed by atoms with Gasteiger partial charge >= 0.3 is 0 Å². The van der Waals surface area contributed by atoms with Gasteiger partial charge in [0.15, 0.2) is 0 Å². The van der Waals surface area contributed by atoms with E-state index in [2.05, 4.69) is 4.72 Å². The summed E-state index contributed by atoms with van der Waals surface area (Å²) < 4.78 is 39.9.